The summed E-state index contributed by atoms with van der Waals surface area (Å²) in [5.74, 6) is 0.997. The fourth-order valence-electron chi connectivity index (χ4n) is 2.54. The Morgan fingerprint density at radius 2 is 2.12 bits per heavy atom. The first kappa shape index (κ1) is 12.4. The van der Waals surface area contributed by atoms with Crippen molar-refractivity contribution < 1.29 is 0 Å². The van der Waals surface area contributed by atoms with Gasteiger partial charge in [0.1, 0.15) is 0 Å². The molecule has 1 aromatic rings. The second-order valence-electron chi connectivity index (χ2n) is 4.88. The first-order valence-electron chi connectivity index (χ1n) is 6.80. The van der Waals surface area contributed by atoms with Crippen molar-refractivity contribution in [2.45, 2.75) is 45.7 Å². The number of nitrogens with zero attached hydrogens (tertiary/aromatic N) is 3. The summed E-state index contributed by atoms with van der Waals surface area (Å²) in [7, 11) is 0. The molecule has 17 heavy (non-hydrogen) atoms. The summed E-state index contributed by atoms with van der Waals surface area (Å²) in [5, 5.41) is 3.30. The summed E-state index contributed by atoms with van der Waals surface area (Å²) >= 11 is 0. The van der Waals surface area contributed by atoms with Crippen LogP contribution in [0.25, 0.3) is 0 Å². The molecule has 1 aliphatic rings. The minimum atomic E-state index is 0.599. The molecule has 1 aliphatic heterocycles. The van der Waals surface area contributed by atoms with E-state index < -0.39 is 0 Å². The Morgan fingerprint density at radius 1 is 1.35 bits per heavy atom. The van der Waals surface area contributed by atoms with Crippen LogP contribution in [0.2, 0.25) is 0 Å². The van der Waals surface area contributed by atoms with Gasteiger partial charge in [-0.2, -0.15) is 0 Å². The van der Waals surface area contributed by atoms with Crippen LogP contribution in [0.3, 0.4) is 0 Å². The summed E-state index contributed by atoms with van der Waals surface area (Å²) in [5.41, 5.74) is 0. The number of hydrogen-bond acceptors (Lipinski definition) is 3. The molecule has 1 fully saturated rings. The van der Waals surface area contributed by atoms with Gasteiger partial charge in [-0.15, -0.1) is 0 Å². The Morgan fingerprint density at radius 3 is 2.82 bits per heavy atom. The summed E-state index contributed by atoms with van der Waals surface area (Å²) in [6.07, 6.45) is 8.05. The van der Waals surface area contributed by atoms with Crippen LogP contribution in [-0.4, -0.2) is 40.1 Å². The SMILES string of the molecule is CCNc1nccn1CC(C)N1CCCCC1. The second-order valence-corrected chi connectivity index (χ2v) is 4.88. The van der Waals surface area contributed by atoms with E-state index in [2.05, 4.69) is 39.8 Å². The van der Waals surface area contributed by atoms with Crippen LogP contribution in [0.15, 0.2) is 12.4 Å². The highest BCUT2D eigenvalue weighted by Gasteiger charge is 2.17. The predicted octanol–water partition coefficient (Wildman–Crippen LogP) is 2.19. The van der Waals surface area contributed by atoms with Crippen molar-refractivity contribution in [2.24, 2.45) is 0 Å². The monoisotopic (exact) mass is 236 g/mol. The van der Waals surface area contributed by atoms with Crippen molar-refractivity contribution >= 4 is 5.95 Å². The summed E-state index contributed by atoms with van der Waals surface area (Å²) in [6, 6.07) is 0.599. The topological polar surface area (TPSA) is 33.1 Å². The van der Waals surface area contributed by atoms with Crippen molar-refractivity contribution in [2.75, 3.05) is 25.0 Å². The standard InChI is InChI=1S/C13H24N4/c1-3-14-13-15-7-10-17(13)11-12(2)16-8-5-4-6-9-16/h7,10,12H,3-6,8-9,11H2,1-2H3,(H,14,15). The zero-order valence-electron chi connectivity index (χ0n) is 11.0. The fourth-order valence-corrected chi connectivity index (χ4v) is 2.54. The molecule has 96 valence electrons. The molecule has 1 saturated heterocycles. The Labute approximate surface area is 104 Å². The normalized spacial score (nSPS) is 19.2. The zero-order chi connectivity index (χ0) is 12.1. The highest BCUT2D eigenvalue weighted by Crippen LogP contribution is 2.14. The third-order valence-electron chi connectivity index (χ3n) is 3.53. The Hall–Kier alpha value is -1.03. The number of rotatable bonds is 5. The molecule has 4 heteroatoms. The molecule has 2 rings (SSSR count). The van der Waals surface area contributed by atoms with E-state index in [9.17, 15) is 0 Å². The maximum absolute atomic E-state index is 4.34. The smallest absolute Gasteiger partial charge is 0.202 e. The van der Waals surface area contributed by atoms with Crippen LogP contribution < -0.4 is 5.32 Å². The summed E-state index contributed by atoms with van der Waals surface area (Å²) < 4.78 is 2.22. The van der Waals surface area contributed by atoms with Crippen molar-refractivity contribution in [1.82, 2.24) is 14.5 Å². The molecule has 4 nitrogen and oxygen atoms in total. The van der Waals surface area contributed by atoms with Gasteiger partial charge in [0.25, 0.3) is 0 Å². The van der Waals surface area contributed by atoms with Crippen molar-refractivity contribution in [3.8, 4) is 0 Å². The number of hydrogen-bond donors (Lipinski definition) is 1. The molecule has 1 N–H and O–H groups in total. The average molecular weight is 236 g/mol. The van der Waals surface area contributed by atoms with Crippen molar-refractivity contribution in [3.63, 3.8) is 0 Å². The van der Waals surface area contributed by atoms with E-state index in [1.165, 1.54) is 32.4 Å². The van der Waals surface area contributed by atoms with Gasteiger partial charge in [0, 0.05) is 31.5 Å². The molecule has 0 aliphatic carbocycles. The lowest BCUT2D eigenvalue weighted by Crippen LogP contribution is -2.39. The van der Waals surface area contributed by atoms with Crippen LogP contribution in [0.5, 0.6) is 0 Å². The van der Waals surface area contributed by atoms with Gasteiger partial charge in [-0.05, 0) is 39.8 Å². The lowest BCUT2D eigenvalue weighted by molar-refractivity contribution is 0.160. The van der Waals surface area contributed by atoms with E-state index in [-0.39, 0.29) is 0 Å². The fraction of sp³-hybridized carbons (Fsp3) is 0.769. The average Bonchev–Trinajstić information content (AvgIpc) is 2.78. The lowest BCUT2D eigenvalue weighted by atomic mass is 10.1. The van der Waals surface area contributed by atoms with Crippen LogP contribution in [0.1, 0.15) is 33.1 Å². The molecule has 2 heterocycles. The van der Waals surface area contributed by atoms with Gasteiger partial charge in [-0.3, -0.25) is 4.90 Å². The number of aromatic nitrogens is 2. The molecular formula is C13H24N4. The van der Waals surface area contributed by atoms with Crippen LogP contribution >= 0.6 is 0 Å². The molecule has 0 radical (unpaired) electrons. The van der Waals surface area contributed by atoms with Crippen molar-refractivity contribution in [3.05, 3.63) is 12.4 Å². The van der Waals surface area contributed by atoms with E-state index in [1.54, 1.807) is 0 Å². The van der Waals surface area contributed by atoms with Gasteiger partial charge in [0.05, 0.1) is 0 Å². The maximum Gasteiger partial charge on any atom is 0.202 e. The van der Waals surface area contributed by atoms with Gasteiger partial charge in [-0.1, -0.05) is 6.42 Å². The molecule has 0 aromatic carbocycles. The minimum Gasteiger partial charge on any atom is -0.356 e. The summed E-state index contributed by atoms with van der Waals surface area (Å²) in [4.78, 5) is 6.93. The largest absolute Gasteiger partial charge is 0.356 e. The molecule has 0 amide bonds. The first-order valence-corrected chi connectivity index (χ1v) is 6.80. The van der Waals surface area contributed by atoms with E-state index in [0.29, 0.717) is 6.04 Å². The zero-order valence-corrected chi connectivity index (χ0v) is 11.0. The highest BCUT2D eigenvalue weighted by molar-refractivity contribution is 5.25. The van der Waals surface area contributed by atoms with Crippen LogP contribution in [-0.2, 0) is 6.54 Å². The van der Waals surface area contributed by atoms with E-state index in [4.69, 9.17) is 0 Å². The first-order chi connectivity index (χ1) is 8.31. The minimum absolute atomic E-state index is 0.599. The molecule has 0 saturated carbocycles. The Bertz CT molecular complexity index is 328. The van der Waals surface area contributed by atoms with Gasteiger partial charge in [-0.25, -0.2) is 4.98 Å². The molecule has 0 spiro atoms. The van der Waals surface area contributed by atoms with Gasteiger partial charge < -0.3 is 9.88 Å². The van der Waals surface area contributed by atoms with Gasteiger partial charge >= 0.3 is 0 Å². The van der Waals surface area contributed by atoms with E-state index in [0.717, 1.165) is 19.0 Å². The van der Waals surface area contributed by atoms with E-state index >= 15 is 0 Å². The van der Waals surface area contributed by atoms with E-state index in [1.807, 2.05) is 6.20 Å². The Kier molecular flexibility index (Phi) is 4.42. The third-order valence-corrected chi connectivity index (χ3v) is 3.53. The molecule has 1 atom stereocenters. The van der Waals surface area contributed by atoms with Gasteiger partial charge in [0.2, 0.25) is 5.95 Å². The lowest BCUT2D eigenvalue weighted by Gasteiger charge is -2.32. The highest BCUT2D eigenvalue weighted by atomic mass is 15.2. The maximum atomic E-state index is 4.34. The quantitative estimate of drug-likeness (QED) is 0.850. The number of anilines is 1. The Balaban J connectivity index is 1.92. The predicted molar refractivity (Wildman–Crippen MR) is 71.3 cm³/mol. The molecule has 1 unspecified atom stereocenters. The van der Waals surface area contributed by atoms with Crippen molar-refractivity contribution in [1.29, 1.82) is 0 Å². The van der Waals surface area contributed by atoms with Gasteiger partial charge in [0.15, 0.2) is 0 Å². The third kappa shape index (κ3) is 3.22. The molecule has 0 bridgehead atoms. The molecular weight excluding hydrogens is 212 g/mol. The van der Waals surface area contributed by atoms with Crippen LogP contribution in [0.4, 0.5) is 5.95 Å². The number of nitrogens with one attached hydrogen (secondary N) is 1. The number of likely N-dealkylation sites (tertiary alicyclic amines) is 1. The number of piperidine rings is 1. The summed E-state index contributed by atoms with van der Waals surface area (Å²) in [6.45, 7) is 8.89. The second kappa shape index (κ2) is 6.05. The number of imidazole rings is 1. The molecule has 1 aromatic heterocycles. The van der Waals surface area contributed by atoms with Crippen LogP contribution in [0, 0.1) is 0 Å².